The number of methoxy groups -OCH3 is 1. The first kappa shape index (κ1) is 44.0. The molecule has 3 aromatic heterocycles. The van der Waals surface area contributed by atoms with E-state index in [2.05, 4.69) is 139 Å². The van der Waals surface area contributed by atoms with Crippen LogP contribution in [0.5, 0.6) is 0 Å². The van der Waals surface area contributed by atoms with Gasteiger partial charge in [-0.2, -0.15) is 5.69 Å². The van der Waals surface area contributed by atoms with Gasteiger partial charge in [-0.25, -0.2) is 9.78 Å². The Labute approximate surface area is 384 Å². The standard InChI is InChI=1S/C30H32N3O2.C24H21N3.Pt/c1-7-23(34-6)17-35-16-22-13-19(3)30(20(4)14-22)33-15-26-24-10-8-9-18(2)27(24)29-25(28(26)32-33)12-11-21(5)31-29;1-14-7-6-10-18-20-13-27(24-15(2)8-5-9-16(24)3)26-22(20)19-12-11-17(4)25-23(19)21(14)18;/h8-11,13-15,23H,7,16-17H2,1-6H3;5-11H,13H2,1-4H3;/q-1;-2;. The zero-order valence-electron chi connectivity index (χ0n) is 37.8. The molecule has 6 aromatic carbocycles. The molecule has 10 rings (SSSR count). The maximum atomic E-state index is 5.93. The van der Waals surface area contributed by atoms with Crippen LogP contribution in [0, 0.1) is 67.5 Å². The number of fused-ring (bicyclic) bond motifs is 12. The van der Waals surface area contributed by atoms with Gasteiger partial charge in [-0.15, -0.1) is 29.7 Å². The normalized spacial score (nSPS) is 12.8. The number of para-hydroxylation sites is 1. The molecule has 63 heavy (non-hydrogen) atoms. The zero-order valence-corrected chi connectivity index (χ0v) is 40.1. The van der Waals surface area contributed by atoms with Gasteiger partial charge in [0.1, 0.15) is 0 Å². The summed E-state index contributed by atoms with van der Waals surface area (Å²) in [5.74, 6) is 0. The molecule has 0 aliphatic carbocycles. The van der Waals surface area contributed by atoms with Crippen molar-refractivity contribution in [2.24, 2.45) is 0 Å². The number of anilines is 1. The molecule has 0 spiro atoms. The molecule has 0 bridgehead atoms. The smallest absolute Gasteiger partial charge is 0.0802 e. The van der Waals surface area contributed by atoms with Crippen molar-refractivity contribution in [2.75, 3.05) is 18.7 Å². The minimum Gasteiger partial charge on any atom is -0.638 e. The van der Waals surface area contributed by atoms with E-state index in [1.165, 1.54) is 55.0 Å². The second kappa shape index (κ2) is 17.8. The first-order chi connectivity index (χ1) is 29.9. The van der Waals surface area contributed by atoms with E-state index < -0.39 is 0 Å². The summed E-state index contributed by atoms with van der Waals surface area (Å²) < 4.78 is 13.4. The van der Waals surface area contributed by atoms with Gasteiger partial charge in [0.15, 0.2) is 0 Å². The first-order valence-corrected chi connectivity index (χ1v) is 21.5. The Hall–Kier alpha value is -5.66. The first-order valence-electron chi connectivity index (χ1n) is 21.5. The predicted molar refractivity (Wildman–Crippen MR) is 255 cm³/mol. The fourth-order valence-electron chi connectivity index (χ4n) is 9.40. The third kappa shape index (κ3) is 7.98. The Morgan fingerprint density at radius 3 is 1.89 bits per heavy atom. The molecule has 0 fully saturated rings. The molecule has 0 saturated carbocycles. The summed E-state index contributed by atoms with van der Waals surface area (Å²) in [6.07, 6.45) is 3.23. The van der Waals surface area contributed by atoms with Gasteiger partial charge in [-0.1, -0.05) is 110 Å². The number of aryl methyl sites for hydroxylation is 8. The van der Waals surface area contributed by atoms with Crippen LogP contribution in [0.1, 0.15) is 69.2 Å². The minimum atomic E-state index is 0. The Bertz CT molecular complexity index is 3160. The van der Waals surface area contributed by atoms with E-state index in [0.717, 1.165) is 85.1 Å². The van der Waals surface area contributed by atoms with Gasteiger partial charge in [0.2, 0.25) is 0 Å². The van der Waals surface area contributed by atoms with Crippen LogP contribution >= 0.6 is 0 Å². The van der Waals surface area contributed by atoms with Crippen LogP contribution in [0.3, 0.4) is 0 Å². The topological polar surface area (TPSA) is 79.4 Å². The molecule has 0 radical (unpaired) electrons. The Balaban J connectivity index is 0.000000175. The molecule has 1 atom stereocenters. The van der Waals surface area contributed by atoms with Gasteiger partial charge in [-0.3, -0.25) is 0 Å². The van der Waals surface area contributed by atoms with Crippen molar-refractivity contribution in [1.82, 2.24) is 19.7 Å². The summed E-state index contributed by atoms with van der Waals surface area (Å²) >= 11 is 0. The van der Waals surface area contributed by atoms with Crippen molar-refractivity contribution in [1.29, 1.82) is 0 Å². The van der Waals surface area contributed by atoms with Crippen molar-refractivity contribution in [3.8, 4) is 5.69 Å². The van der Waals surface area contributed by atoms with Crippen molar-refractivity contribution in [3.63, 3.8) is 0 Å². The van der Waals surface area contributed by atoms with E-state index in [1.807, 2.05) is 30.7 Å². The molecule has 1 aliphatic rings. The third-order valence-electron chi connectivity index (χ3n) is 12.4. The fourth-order valence-corrected chi connectivity index (χ4v) is 9.40. The van der Waals surface area contributed by atoms with Crippen LogP contribution < -0.4 is 5.01 Å². The Morgan fingerprint density at radius 1 is 0.683 bits per heavy atom. The summed E-state index contributed by atoms with van der Waals surface area (Å²) in [6, 6.07) is 34.5. The van der Waals surface area contributed by atoms with Crippen molar-refractivity contribution < 1.29 is 30.5 Å². The number of nitrogens with zero attached hydrogens (tertiary/aromatic N) is 6. The van der Waals surface area contributed by atoms with E-state index in [4.69, 9.17) is 30.0 Å². The van der Waals surface area contributed by atoms with Crippen molar-refractivity contribution in [2.45, 2.75) is 88.0 Å². The molecule has 1 unspecified atom stereocenters. The number of hydrogen-bond acceptors (Lipinski definition) is 6. The van der Waals surface area contributed by atoms with Crippen molar-refractivity contribution >= 4 is 65.6 Å². The van der Waals surface area contributed by atoms with Gasteiger partial charge >= 0.3 is 0 Å². The van der Waals surface area contributed by atoms with Crippen LogP contribution in [0.25, 0.3) is 65.4 Å². The van der Waals surface area contributed by atoms with Gasteiger partial charge in [0.25, 0.3) is 0 Å². The van der Waals surface area contributed by atoms with Crippen LogP contribution in [0.2, 0.25) is 0 Å². The van der Waals surface area contributed by atoms with Crippen LogP contribution in [0.15, 0.2) is 85.1 Å². The number of aromatic nitrogens is 4. The van der Waals surface area contributed by atoms with Crippen LogP contribution in [-0.4, -0.2) is 39.6 Å². The summed E-state index contributed by atoms with van der Waals surface area (Å²) in [5, 5.41) is 15.2. The molecular weight excluding hydrogens is 960 g/mol. The average Bonchev–Trinajstić information content (AvgIpc) is 3.89. The summed E-state index contributed by atoms with van der Waals surface area (Å²) in [6.45, 7) is 21.0. The number of hydrogen-bond donors (Lipinski definition) is 0. The summed E-state index contributed by atoms with van der Waals surface area (Å²) in [5.41, 5.74) is 22.9. The molecule has 4 heterocycles. The molecule has 1 aliphatic heterocycles. The average molecular weight is 1010 g/mol. The largest absolute Gasteiger partial charge is 0.638 e. The third-order valence-corrected chi connectivity index (χ3v) is 12.4. The van der Waals surface area contributed by atoms with Gasteiger partial charge < -0.3 is 29.9 Å². The maximum Gasteiger partial charge on any atom is 0.0802 e. The summed E-state index contributed by atoms with van der Waals surface area (Å²) in [4.78, 5) is 9.76. The molecule has 9 aromatic rings. The van der Waals surface area contributed by atoms with Crippen LogP contribution in [0.4, 0.5) is 11.4 Å². The van der Waals surface area contributed by atoms with Crippen molar-refractivity contribution in [3.05, 3.63) is 159 Å². The molecular formula is C54H53N6O2Pt-3. The van der Waals surface area contributed by atoms with E-state index in [1.54, 1.807) is 7.11 Å². The SMILES string of the molecule is CCC(COCc1cc(C)c(-n2cc3c4cccc(C)c4c4nc(C)c[c-]c4c3n2)c(C)c1)OC.Cc1c[c-]c2c3c(c4cccc(C)c4c2n1)CN(c1c(C)cccc1C)[N-]3.[Pt]. The maximum absolute atomic E-state index is 5.93. The van der Waals surface area contributed by atoms with Gasteiger partial charge in [0.05, 0.1) is 25.0 Å². The van der Waals surface area contributed by atoms with Gasteiger partial charge in [-0.05, 0) is 125 Å². The molecule has 9 heteroatoms. The molecule has 8 nitrogen and oxygen atoms in total. The molecule has 0 N–H and O–H groups in total. The minimum absolute atomic E-state index is 0. The molecule has 0 saturated heterocycles. The second-order valence-corrected chi connectivity index (χ2v) is 16.9. The number of pyridine rings is 2. The number of ether oxygens (including phenoxy) is 2. The quantitative estimate of drug-likeness (QED) is 0.111. The van der Waals surface area contributed by atoms with Gasteiger partial charge in [0, 0.05) is 52.1 Å². The zero-order chi connectivity index (χ0) is 43.4. The fraction of sp³-hybridized carbons (Fsp3) is 0.278. The van der Waals surface area contributed by atoms with E-state index in [0.29, 0.717) is 13.2 Å². The number of rotatable bonds is 8. The predicted octanol–water partition coefficient (Wildman–Crippen LogP) is 13.1. The summed E-state index contributed by atoms with van der Waals surface area (Å²) in [7, 11) is 1.73. The Kier molecular flexibility index (Phi) is 12.5. The molecule has 324 valence electrons. The number of benzene rings is 6. The Morgan fingerprint density at radius 2 is 1.25 bits per heavy atom. The second-order valence-electron chi connectivity index (χ2n) is 16.9. The molecule has 0 amide bonds. The van der Waals surface area contributed by atoms with E-state index in [-0.39, 0.29) is 27.2 Å². The van der Waals surface area contributed by atoms with Crippen LogP contribution in [-0.2, 0) is 43.7 Å². The monoisotopic (exact) mass is 1010 g/mol. The van der Waals surface area contributed by atoms with E-state index in [9.17, 15) is 0 Å². The van der Waals surface area contributed by atoms with E-state index >= 15 is 0 Å².